The van der Waals surface area contributed by atoms with Crippen molar-refractivity contribution in [3.05, 3.63) is 24.3 Å². The number of benzene rings is 1. The number of rotatable bonds is 8. The molecule has 0 saturated carbocycles. The van der Waals surface area contributed by atoms with E-state index >= 15 is 0 Å². The van der Waals surface area contributed by atoms with Crippen LogP contribution in [-0.2, 0) is 4.79 Å². The van der Waals surface area contributed by atoms with Crippen molar-refractivity contribution in [1.82, 2.24) is 10.3 Å². The van der Waals surface area contributed by atoms with Crippen LogP contribution in [0.25, 0.3) is 11.1 Å². The second-order valence-electron chi connectivity index (χ2n) is 7.39. The van der Waals surface area contributed by atoms with E-state index < -0.39 is 0 Å². The number of nitrogens with one attached hydrogen (secondary N) is 1. The summed E-state index contributed by atoms with van der Waals surface area (Å²) >= 11 is 0. The standard InChI is InChI=1S/C21H31N3O2/c1-3-5-8-16(4-2)15-22-20(25)17-11-13-24(14-12-17)21-23-18-9-6-7-10-19(18)26-21/h6-7,9-10,16-17H,3-5,8,11-15H2,1-2H3,(H,22,25). The number of nitrogens with zero attached hydrogens (tertiary/aromatic N) is 2. The zero-order chi connectivity index (χ0) is 18.4. The topological polar surface area (TPSA) is 58.4 Å². The second-order valence-corrected chi connectivity index (χ2v) is 7.39. The Balaban J connectivity index is 1.47. The molecule has 1 amide bonds. The average molecular weight is 357 g/mol. The van der Waals surface area contributed by atoms with Crippen molar-refractivity contribution in [3.63, 3.8) is 0 Å². The van der Waals surface area contributed by atoms with Gasteiger partial charge in [0, 0.05) is 25.6 Å². The van der Waals surface area contributed by atoms with Crippen LogP contribution in [0, 0.1) is 11.8 Å². The Morgan fingerprint density at radius 2 is 2.08 bits per heavy atom. The molecule has 1 aliphatic rings. The number of oxazole rings is 1. The van der Waals surface area contributed by atoms with Gasteiger partial charge in [-0.15, -0.1) is 0 Å². The largest absolute Gasteiger partial charge is 0.423 e. The molecule has 1 aromatic heterocycles. The van der Waals surface area contributed by atoms with Gasteiger partial charge in [0.15, 0.2) is 5.58 Å². The highest BCUT2D eigenvalue weighted by atomic mass is 16.4. The monoisotopic (exact) mass is 357 g/mol. The van der Waals surface area contributed by atoms with Crippen LogP contribution in [0.3, 0.4) is 0 Å². The maximum Gasteiger partial charge on any atom is 0.298 e. The third-order valence-electron chi connectivity index (χ3n) is 5.53. The summed E-state index contributed by atoms with van der Waals surface area (Å²) < 4.78 is 5.85. The van der Waals surface area contributed by atoms with Gasteiger partial charge in [0.2, 0.25) is 5.91 Å². The lowest BCUT2D eigenvalue weighted by molar-refractivity contribution is -0.125. The van der Waals surface area contributed by atoms with Crippen LogP contribution < -0.4 is 10.2 Å². The fraction of sp³-hybridized carbons (Fsp3) is 0.619. The SMILES string of the molecule is CCCCC(CC)CNC(=O)C1CCN(c2nc3ccccc3o2)CC1. The number of hydrogen-bond acceptors (Lipinski definition) is 4. The van der Waals surface area contributed by atoms with Crippen LogP contribution in [0.1, 0.15) is 52.4 Å². The molecule has 5 heteroatoms. The number of piperidine rings is 1. The zero-order valence-corrected chi connectivity index (χ0v) is 16.0. The molecule has 26 heavy (non-hydrogen) atoms. The molecular weight excluding hydrogens is 326 g/mol. The highest BCUT2D eigenvalue weighted by molar-refractivity contribution is 5.79. The van der Waals surface area contributed by atoms with E-state index in [1.54, 1.807) is 0 Å². The molecule has 0 spiro atoms. The van der Waals surface area contributed by atoms with Gasteiger partial charge in [-0.05, 0) is 37.3 Å². The lowest BCUT2D eigenvalue weighted by Crippen LogP contribution is -2.41. The first-order chi connectivity index (χ1) is 12.7. The van der Waals surface area contributed by atoms with Gasteiger partial charge >= 0.3 is 0 Å². The van der Waals surface area contributed by atoms with E-state index in [0.717, 1.165) is 50.0 Å². The fourth-order valence-corrected chi connectivity index (χ4v) is 3.66. The Bertz CT molecular complexity index is 671. The normalized spacial score (nSPS) is 16.8. The summed E-state index contributed by atoms with van der Waals surface area (Å²) in [6, 6.07) is 8.50. The Kier molecular flexibility index (Phi) is 6.53. The number of carbonyl (C=O) groups is 1. The molecule has 0 aliphatic carbocycles. The molecule has 1 aliphatic heterocycles. The maximum absolute atomic E-state index is 12.5. The summed E-state index contributed by atoms with van der Waals surface area (Å²) in [5.74, 6) is 0.940. The number of unbranched alkanes of at least 4 members (excludes halogenated alkanes) is 1. The van der Waals surface area contributed by atoms with Crippen molar-refractivity contribution in [2.45, 2.75) is 52.4 Å². The minimum Gasteiger partial charge on any atom is -0.423 e. The molecule has 1 fully saturated rings. The molecule has 3 rings (SSSR count). The molecule has 0 bridgehead atoms. The van der Waals surface area contributed by atoms with Crippen molar-refractivity contribution >= 4 is 23.0 Å². The number of aromatic nitrogens is 1. The summed E-state index contributed by atoms with van der Waals surface area (Å²) in [7, 11) is 0. The van der Waals surface area contributed by atoms with Gasteiger partial charge in [-0.25, -0.2) is 0 Å². The number of hydrogen-bond donors (Lipinski definition) is 1. The van der Waals surface area contributed by atoms with Crippen LogP contribution in [-0.4, -0.2) is 30.5 Å². The maximum atomic E-state index is 12.5. The number of para-hydroxylation sites is 2. The van der Waals surface area contributed by atoms with Gasteiger partial charge in [-0.1, -0.05) is 45.2 Å². The Morgan fingerprint density at radius 3 is 2.77 bits per heavy atom. The van der Waals surface area contributed by atoms with E-state index in [1.807, 2.05) is 24.3 Å². The molecule has 5 nitrogen and oxygen atoms in total. The summed E-state index contributed by atoms with van der Waals surface area (Å²) in [6.45, 7) is 6.89. The molecule has 2 heterocycles. The first-order valence-electron chi connectivity index (χ1n) is 10.1. The Morgan fingerprint density at radius 1 is 1.31 bits per heavy atom. The third-order valence-corrected chi connectivity index (χ3v) is 5.53. The Hall–Kier alpha value is -2.04. The number of carbonyl (C=O) groups excluding carboxylic acids is 1. The van der Waals surface area contributed by atoms with E-state index in [2.05, 4.69) is 29.0 Å². The summed E-state index contributed by atoms with van der Waals surface area (Å²) in [5.41, 5.74) is 1.71. The predicted molar refractivity (Wildman–Crippen MR) is 105 cm³/mol. The minimum absolute atomic E-state index is 0.110. The van der Waals surface area contributed by atoms with Gasteiger partial charge in [0.1, 0.15) is 5.52 Å². The molecule has 1 N–H and O–H groups in total. The third kappa shape index (κ3) is 4.57. The average Bonchev–Trinajstić information content (AvgIpc) is 3.12. The van der Waals surface area contributed by atoms with Gasteiger partial charge in [-0.3, -0.25) is 4.79 Å². The van der Waals surface area contributed by atoms with Crippen molar-refractivity contribution in [2.24, 2.45) is 11.8 Å². The van der Waals surface area contributed by atoms with E-state index in [-0.39, 0.29) is 11.8 Å². The van der Waals surface area contributed by atoms with Crippen LogP contribution in [0.5, 0.6) is 0 Å². The van der Waals surface area contributed by atoms with Gasteiger partial charge < -0.3 is 14.6 Å². The first kappa shape index (κ1) is 18.7. The van der Waals surface area contributed by atoms with Crippen molar-refractivity contribution < 1.29 is 9.21 Å². The predicted octanol–water partition coefficient (Wildman–Crippen LogP) is 4.38. The lowest BCUT2D eigenvalue weighted by atomic mass is 9.95. The first-order valence-corrected chi connectivity index (χ1v) is 10.1. The Labute approximate surface area is 156 Å². The molecular formula is C21H31N3O2. The molecule has 1 aromatic carbocycles. The van der Waals surface area contributed by atoms with E-state index in [0.29, 0.717) is 11.9 Å². The molecule has 1 saturated heterocycles. The number of fused-ring (bicyclic) bond motifs is 1. The minimum atomic E-state index is 0.110. The highest BCUT2D eigenvalue weighted by Gasteiger charge is 2.27. The van der Waals surface area contributed by atoms with Crippen molar-refractivity contribution in [2.75, 3.05) is 24.5 Å². The lowest BCUT2D eigenvalue weighted by Gasteiger charge is -2.30. The van der Waals surface area contributed by atoms with Crippen molar-refractivity contribution in [3.8, 4) is 0 Å². The molecule has 1 unspecified atom stereocenters. The smallest absolute Gasteiger partial charge is 0.298 e. The summed E-state index contributed by atoms with van der Waals surface area (Å²) in [4.78, 5) is 19.2. The molecule has 2 aromatic rings. The summed E-state index contributed by atoms with van der Waals surface area (Å²) in [5, 5.41) is 3.19. The molecule has 142 valence electrons. The van der Waals surface area contributed by atoms with E-state index in [1.165, 1.54) is 19.3 Å². The summed E-state index contributed by atoms with van der Waals surface area (Å²) in [6.07, 6.45) is 6.53. The van der Waals surface area contributed by atoms with E-state index in [4.69, 9.17) is 4.42 Å². The van der Waals surface area contributed by atoms with Gasteiger partial charge in [0.25, 0.3) is 6.01 Å². The van der Waals surface area contributed by atoms with Gasteiger partial charge in [0.05, 0.1) is 0 Å². The van der Waals surface area contributed by atoms with Crippen LogP contribution in [0.2, 0.25) is 0 Å². The quantitative estimate of drug-likeness (QED) is 0.762. The number of anilines is 1. The number of amides is 1. The highest BCUT2D eigenvalue weighted by Crippen LogP contribution is 2.26. The fourth-order valence-electron chi connectivity index (χ4n) is 3.66. The van der Waals surface area contributed by atoms with Gasteiger partial charge in [-0.2, -0.15) is 4.98 Å². The second kappa shape index (κ2) is 9.06. The zero-order valence-electron chi connectivity index (χ0n) is 16.0. The van der Waals surface area contributed by atoms with Crippen LogP contribution in [0.4, 0.5) is 6.01 Å². The molecule has 1 atom stereocenters. The van der Waals surface area contributed by atoms with Crippen molar-refractivity contribution in [1.29, 1.82) is 0 Å². The van der Waals surface area contributed by atoms with Crippen LogP contribution in [0.15, 0.2) is 28.7 Å². The van der Waals surface area contributed by atoms with E-state index in [9.17, 15) is 4.79 Å². The molecule has 0 radical (unpaired) electrons. The van der Waals surface area contributed by atoms with Crippen LogP contribution >= 0.6 is 0 Å².